The van der Waals surface area contributed by atoms with Gasteiger partial charge in [0.2, 0.25) is 11.8 Å². The number of hydrogen-bond donors (Lipinski definition) is 1. The van der Waals surface area contributed by atoms with Crippen LogP contribution in [0.25, 0.3) is 0 Å². The fraction of sp³-hybridized carbons (Fsp3) is 0.286. The lowest BCUT2D eigenvalue weighted by Crippen LogP contribution is -2.14. The number of nitrogens with zero attached hydrogens (tertiary/aromatic N) is 2. The molecule has 0 spiro atoms. The molecular formula is C21H22ClN3O4S. The summed E-state index contributed by atoms with van der Waals surface area (Å²) in [5.41, 5.74) is 1.73. The number of carbonyl (C=O) groups is 1. The number of benzene rings is 2. The maximum atomic E-state index is 12.2. The lowest BCUT2D eigenvalue weighted by Gasteiger charge is -2.09. The maximum absolute atomic E-state index is 12.2. The predicted molar refractivity (Wildman–Crippen MR) is 117 cm³/mol. The highest BCUT2D eigenvalue weighted by Gasteiger charge is 2.12. The monoisotopic (exact) mass is 447 g/mol. The minimum Gasteiger partial charge on any atom is -0.497 e. The number of hydrogen-bond acceptors (Lipinski definition) is 7. The minimum atomic E-state index is -0.222. The molecule has 0 atom stereocenters. The Bertz CT molecular complexity index is 979. The Morgan fingerprint density at radius 3 is 2.63 bits per heavy atom. The fourth-order valence-corrected chi connectivity index (χ4v) is 3.48. The molecule has 0 aliphatic rings. The molecule has 3 rings (SSSR count). The van der Waals surface area contributed by atoms with Crippen LogP contribution in [0.3, 0.4) is 0 Å². The lowest BCUT2D eigenvalue weighted by molar-refractivity contribution is -0.113. The summed E-state index contributed by atoms with van der Waals surface area (Å²) in [5, 5.41) is 11.7. The summed E-state index contributed by atoms with van der Waals surface area (Å²) < 4.78 is 16.0. The van der Waals surface area contributed by atoms with Crippen molar-refractivity contribution >= 4 is 35.0 Å². The topological polar surface area (TPSA) is 86.5 Å². The normalized spacial score (nSPS) is 10.6. The second kappa shape index (κ2) is 10.9. The molecule has 0 fully saturated rings. The molecule has 1 aromatic heterocycles. The van der Waals surface area contributed by atoms with Crippen LogP contribution in [-0.4, -0.2) is 36.1 Å². The van der Waals surface area contributed by atoms with E-state index in [4.69, 9.17) is 25.5 Å². The highest BCUT2D eigenvalue weighted by Crippen LogP contribution is 2.28. The van der Waals surface area contributed by atoms with E-state index in [2.05, 4.69) is 15.5 Å². The average molecular weight is 448 g/mol. The highest BCUT2D eigenvalue weighted by atomic mass is 35.5. The molecule has 1 amide bonds. The van der Waals surface area contributed by atoms with E-state index in [0.717, 1.165) is 18.6 Å². The molecule has 1 heterocycles. The molecular weight excluding hydrogens is 426 g/mol. The van der Waals surface area contributed by atoms with Gasteiger partial charge in [0.15, 0.2) is 0 Å². The average Bonchev–Trinajstić information content (AvgIpc) is 3.21. The van der Waals surface area contributed by atoms with E-state index >= 15 is 0 Å². The van der Waals surface area contributed by atoms with E-state index in [-0.39, 0.29) is 11.7 Å². The SMILES string of the molecule is COc1ccc(CCCc2nnc(SCC(=O)Nc3cc(Cl)ccc3OC)o2)cc1. The summed E-state index contributed by atoms with van der Waals surface area (Å²) in [6, 6.07) is 13.0. The molecule has 0 aliphatic heterocycles. The zero-order chi connectivity index (χ0) is 21.3. The summed E-state index contributed by atoms with van der Waals surface area (Å²) in [4.78, 5) is 12.2. The smallest absolute Gasteiger partial charge is 0.277 e. The van der Waals surface area contributed by atoms with Crippen LogP contribution in [0.5, 0.6) is 11.5 Å². The Labute approximate surface area is 184 Å². The fourth-order valence-electron chi connectivity index (χ4n) is 2.72. The molecule has 7 nitrogen and oxygen atoms in total. The van der Waals surface area contributed by atoms with E-state index in [1.165, 1.54) is 24.4 Å². The molecule has 1 N–H and O–H groups in total. The standard InChI is InChI=1S/C21H22ClN3O4S/c1-27-16-9-6-14(7-10-16)4-3-5-20-24-25-21(29-20)30-13-19(26)23-17-12-15(22)8-11-18(17)28-2/h6-12H,3-5,13H2,1-2H3,(H,23,26). The highest BCUT2D eigenvalue weighted by molar-refractivity contribution is 7.99. The van der Waals surface area contributed by atoms with Gasteiger partial charge in [-0.3, -0.25) is 4.79 Å². The number of rotatable bonds is 10. The molecule has 0 aliphatic carbocycles. The molecule has 0 saturated heterocycles. The number of halogens is 1. The van der Waals surface area contributed by atoms with Gasteiger partial charge >= 0.3 is 0 Å². The summed E-state index contributed by atoms with van der Waals surface area (Å²) in [5.74, 6) is 1.84. The van der Waals surface area contributed by atoms with Crippen molar-refractivity contribution in [3.8, 4) is 11.5 Å². The van der Waals surface area contributed by atoms with Crippen LogP contribution in [0, 0.1) is 0 Å². The Kier molecular flexibility index (Phi) is 7.98. The number of aryl methyl sites for hydroxylation is 2. The number of nitrogens with one attached hydrogen (secondary N) is 1. The van der Waals surface area contributed by atoms with Gasteiger partial charge in [0.25, 0.3) is 5.22 Å². The summed E-state index contributed by atoms with van der Waals surface area (Å²) in [6.07, 6.45) is 2.46. The molecule has 0 radical (unpaired) electrons. The van der Waals surface area contributed by atoms with Crippen LogP contribution in [-0.2, 0) is 17.6 Å². The summed E-state index contributed by atoms with van der Waals surface area (Å²) in [6.45, 7) is 0. The quantitative estimate of drug-likeness (QED) is 0.453. The number of aromatic nitrogens is 2. The van der Waals surface area contributed by atoms with Crippen molar-refractivity contribution in [2.45, 2.75) is 24.5 Å². The number of anilines is 1. The molecule has 0 bridgehead atoms. The van der Waals surface area contributed by atoms with Crippen LogP contribution >= 0.6 is 23.4 Å². The van der Waals surface area contributed by atoms with E-state index in [9.17, 15) is 4.79 Å². The first-order valence-electron chi connectivity index (χ1n) is 9.29. The number of thioether (sulfide) groups is 1. The Balaban J connectivity index is 1.43. The molecule has 30 heavy (non-hydrogen) atoms. The number of amides is 1. The Morgan fingerprint density at radius 2 is 1.90 bits per heavy atom. The van der Waals surface area contributed by atoms with E-state index in [1.807, 2.05) is 24.3 Å². The van der Waals surface area contributed by atoms with Gasteiger partial charge in [-0.25, -0.2) is 0 Å². The van der Waals surface area contributed by atoms with Gasteiger partial charge in [0.05, 0.1) is 25.7 Å². The second-order valence-corrected chi connectivity index (χ2v) is 7.71. The molecule has 0 saturated carbocycles. The number of ether oxygens (including phenoxy) is 2. The zero-order valence-electron chi connectivity index (χ0n) is 16.7. The first-order valence-corrected chi connectivity index (χ1v) is 10.6. The van der Waals surface area contributed by atoms with Gasteiger partial charge in [0, 0.05) is 11.4 Å². The molecule has 9 heteroatoms. The Hall–Kier alpha value is -2.71. The van der Waals surface area contributed by atoms with Crippen molar-refractivity contribution in [3.05, 3.63) is 58.9 Å². The maximum Gasteiger partial charge on any atom is 0.277 e. The van der Waals surface area contributed by atoms with Crippen LogP contribution in [0.4, 0.5) is 5.69 Å². The molecule has 2 aromatic carbocycles. The van der Waals surface area contributed by atoms with Gasteiger partial charge in [-0.15, -0.1) is 10.2 Å². The van der Waals surface area contributed by atoms with Crippen molar-refractivity contribution in [2.24, 2.45) is 0 Å². The number of carbonyl (C=O) groups excluding carboxylic acids is 1. The van der Waals surface area contributed by atoms with E-state index in [1.54, 1.807) is 25.3 Å². The van der Waals surface area contributed by atoms with E-state index < -0.39 is 0 Å². The second-order valence-electron chi connectivity index (χ2n) is 6.34. The Morgan fingerprint density at radius 1 is 1.10 bits per heavy atom. The van der Waals surface area contributed by atoms with Gasteiger partial charge in [-0.2, -0.15) is 0 Å². The van der Waals surface area contributed by atoms with Gasteiger partial charge in [-0.05, 0) is 48.7 Å². The van der Waals surface area contributed by atoms with Gasteiger partial charge in [-0.1, -0.05) is 35.5 Å². The summed E-state index contributed by atoms with van der Waals surface area (Å²) >= 11 is 7.16. The first kappa shape index (κ1) is 22.0. The third kappa shape index (κ3) is 6.40. The predicted octanol–water partition coefficient (Wildman–Crippen LogP) is 4.65. The van der Waals surface area contributed by atoms with Crippen LogP contribution < -0.4 is 14.8 Å². The van der Waals surface area contributed by atoms with Crippen molar-refractivity contribution in [2.75, 3.05) is 25.3 Å². The third-order valence-corrected chi connectivity index (χ3v) is 5.28. The van der Waals surface area contributed by atoms with Crippen molar-refractivity contribution in [3.63, 3.8) is 0 Å². The number of methoxy groups -OCH3 is 2. The molecule has 0 unspecified atom stereocenters. The van der Waals surface area contributed by atoms with Crippen LogP contribution in [0.15, 0.2) is 52.1 Å². The lowest BCUT2D eigenvalue weighted by atomic mass is 10.1. The van der Waals surface area contributed by atoms with Crippen molar-refractivity contribution < 1.29 is 18.7 Å². The van der Waals surface area contributed by atoms with E-state index in [0.29, 0.717) is 34.0 Å². The zero-order valence-corrected chi connectivity index (χ0v) is 18.3. The minimum absolute atomic E-state index is 0.128. The van der Waals surface area contributed by atoms with Crippen molar-refractivity contribution in [1.82, 2.24) is 10.2 Å². The largest absolute Gasteiger partial charge is 0.497 e. The molecule has 3 aromatic rings. The summed E-state index contributed by atoms with van der Waals surface area (Å²) in [7, 11) is 3.18. The first-order chi connectivity index (χ1) is 14.6. The van der Waals surface area contributed by atoms with Crippen LogP contribution in [0.2, 0.25) is 5.02 Å². The van der Waals surface area contributed by atoms with Gasteiger partial charge < -0.3 is 19.2 Å². The third-order valence-electron chi connectivity index (χ3n) is 4.23. The van der Waals surface area contributed by atoms with Crippen molar-refractivity contribution in [1.29, 1.82) is 0 Å². The molecule has 158 valence electrons. The van der Waals surface area contributed by atoms with Crippen LogP contribution in [0.1, 0.15) is 17.9 Å². The van der Waals surface area contributed by atoms with Gasteiger partial charge in [0.1, 0.15) is 11.5 Å².